The molecule has 20 heavy (non-hydrogen) atoms. The minimum atomic E-state index is -3.77. The van der Waals surface area contributed by atoms with E-state index in [0.717, 1.165) is 0 Å². The van der Waals surface area contributed by atoms with E-state index in [1.165, 1.54) is 26.2 Å². The van der Waals surface area contributed by atoms with Crippen molar-refractivity contribution in [2.24, 2.45) is 0 Å². The molecule has 114 valence electrons. The van der Waals surface area contributed by atoms with Crippen LogP contribution in [0.15, 0.2) is 17.0 Å². The predicted molar refractivity (Wildman–Crippen MR) is 75.6 cm³/mol. The number of halogens is 1. The highest BCUT2D eigenvalue weighted by Crippen LogP contribution is 2.21. The fraction of sp³-hybridized carbons (Fsp3) is 0.538. The third-order valence-corrected chi connectivity index (χ3v) is 4.52. The number of hydrogen-bond donors (Lipinski definition) is 2. The molecule has 0 saturated carbocycles. The third kappa shape index (κ3) is 4.24. The molecule has 0 aromatic heterocycles. The molecule has 2 N–H and O–H groups in total. The summed E-state index contributed by atoms with van der Waals surface area (Å²) < 4.78 is 45.8. The zero-order valence-corrected chi connectivity index (χ0v) is 13.0. The first kappa shape index (κ1) is 17.0. The first-order valence-electron chi connectivity index (χ1n) is 6.26. The third-order valence-electron chi connectivity index (χ3n) is 2.80. The Morgan fingerprint density at radius 2 is 2.05 bits per heavy atom. The molecule has 1 aromatic carbocycles. The van der Waals surface area contributed by atoms with Gasteiger partial charge in [-0.05, 0) is 38.6 Å². The van der Waals surface area contributed by atoms with Crippen molar-refractivity contribution in [3.63, 3.8) is 0 Å². The lowest BCUT2D eigenvalue weighted by atomic mass is 10.1. The summed E-state index contributed by atoms with van der Waals surface area (Å²) in [4.78, 5) is -0.0364. The van der Waals surface area contributed by atoms with Crippen LogP contribution in [-0.2, 0) is 21.3 Å². The van der Waals surface area contributed by atoms with Gasteiger partial charge in [0.1, 0.15) is 5.82 Å². The van der Waals surface area contributed by atoms with Crippen molar-refractivity contribution in [1.82, 2.24) is 10.0 Å². The molecule has 0 heterocycles. The molecule has 1 rings (SSSR count). The molecule has 5 nitrogen and oxygen atoms in total. The molecular weight excluding hydrogens is 283 g/mol. The van der Waals surface area contributed by atoms with Crippen LogP contribution in [0.4, 0.5) is 4.39 Å². The van der Waals surface area contributed by atoms with Gasteiger partial charge in [-0.2, -0.15) is 0 Å². The van der Waals surface area contributed by atoms with Crippen LogP contribution in [0.25, 0.3) is 0 Å². The smallest absolute Gasteiger partial charge is 0.241 e. The van der Waals surface area contributed by atoms with Crippen LogP contribution in [0.1, 0.15) is 18.1 Å². The highest BCUT2D eigenvalue weighted by Gasteiger charge is 2.22. The predicted octanol–water partition coefficient (Wildman–Crippen LogP) is 1.17. The van der Waals surface area contributed by atoms with Crippen molar-refractivity contribution in [3.05, 3.63) is 29.1 Å². The van der Waals surface area contributed by atoms with Crippen molar-refractivity contribution >= 4 is 10.0 Å². The standard InChI is InChI=1S/C13H21FN2O3S/c1-9(8-19-4)16-20(17,18)13-6-11(7-15-3)5-12(14)10(13)2/h5-6,9,15-16H,7-8H2,1-4H3. The van der Waals surface area contributed by atoms with Gasteiger partial charge in [0.25, 0.3) is 0 Å². The van der Waals surface area contributed by atoms with Gasteiger partial charge >= 0.3 is 0 Å². The first-order valence-corrected chi connectivity index (χ1v) is 7.75. The molecule has 1 atom stereocenters. The van der Waals surface area contributed by atoms with E-state index < -0.39 is 15.8 Å². The molecule has 0 amide bonds. The Morgan fingerprint density at radius 3 is 2.60 bits per heavy atom. The van der Waals surface area contributed by atoms with Gasteiger partial charge in [0, 0.05) is 25.3 Å². The van der Waals surface area contributed by atoms with Crippen molar-refractivity contribution < 1.29 is 17.5 Å². The average molecular weight is 304 g/mol. The van der Waals surface area contributed by atoms with E-state index in [2.05, 4.69) is 10.0 Å². The number of rotatable bonds is 7. The number of ether oxygens (including phenoxy) is 1. The maximum Gasteiger partial charge on any atom is 0.241 e. The zero-order valence-electron chi connectivity index (χ0n) is 12.2. The number of sulfonamides is 1. The largest absolute Gasteiger partial charge is 0.383 e. The Bertz CT molecular complexity index is 561. The van der Waals surface area contributed by atoms with Crippen LogP contribution in [-0.4, -0.2) is 35.2 Å². The Balaban J connectivity index is 3.16. The highest BCUT2D eigenvalue weighted by molar-refractivity contribution is 7.89. The van der Waals surface area contributed by atoms with Crippen LogP contribution < -0.4 is 10.0 Å². The highest BCUT2D eigenvalue weighted by atomic mass is 32.2. The van der Waals surface area contributed by atoms with E-state index in [1.807, 2.05) is 0 Å². The number of methoxy groups -OCH3 is 1. The summed E-state index contributed by atoms with van der Waals surface area (Å²) in [5.41, 5.74) is 0.692. The van der Waals surface area contributed by atoms with E-state index >= 15 is 0 Å². The van der Waals surface area contributed by atoms with E-state index in [-0.39, 0.29) is 23.1 Å². The molecule has 0 spiro atoms. The van der Waals surface area contributed by atoms with Gasteiger partial charge in [0.05, 0.1) is 11.5 Å². The molecule has 0 fully saturated rings. The number of hydrogen-bond acceptors (Lipinski definition) is 4. The fourth-order valence-corrected chi connectivity index (χ4v) is 3.44. The molecule has 0 radical (unpaired) electrons. The van der Waals surface area contributed by atoms with Crippen LogP contribution >= 0.6 is 0 Å². The van der Waals surface area contributed by atoms with Crippen molar-refractivity contribution in [3.8, 4) is 0 Å². The Kier molecular flexibility index (Phi) is 6.07. The number of benzene rings is 1. The SMILES string of the molecule is CNCc1cc(F)c(C)c(S(=O)(=O)NC(C)COC)c1. The Morgan fingerprint density at radius 1 is 1.40 bits per heavy atom. The number of nitrogens with one attached hydrogen (secondary N) is 2. The quantitative estimate of drug-likeness (QED) is 0.793. The van der Waals surface area contributed by atoms with Gasteiger partial charge < -0.3 is 10.1 Å². The van der Waals surface area contributed by atoms with Gasteiger partial charge in [0.15, 0.2) is 0 Å². The Hall–Kier alpha value is -1.02. The second-order valence-electron chi connectivity index (χ2n) is 4.71. The van der Waals surface area contributed by atoms with Gasteiger partial charge in [-0.25, -0.2) is 17.5 Å². The van der Waals surface area contributed by atoms with Crippen LogP contribution in [0.2, 0.25) is 0 Å². The summed E-state index contributed by atoms with van der Waals surface area (Å²) in [5, 5.41) is 2.87. The molecule has 1 aromatic rings. The molecule has 1 unspecified atom stereocenters. The lowest BCUT2D eigenvalue weighted by Gasteiger charge is -2.16. The van der Waals surface area contributed by atoms with Crippen LogP contribution in [0, 0.1) is 12.7 Å². The Labute approximate surface area is 119 Å². The second-order valence-corrected chi connectivity index (χ2v) is 6.39. The molecule has 0 bridgehead atoms. The summed E-state index contributed by atoms with van der Waals surface area (Å²) >= 11 is 0. The second kappa shape index (κ2) is 7.12. The normalized spacial score (nSPS) is 13.4. The molecular formula is C13H21FN2O3S. The van der Waals surface area contributed by atoms with E-state index in [9.17, 15) is 12.8 Å². The monoisotopic (exact) mass is 304 g/mol. The van der Waals surface area contributed by atoms with Crippen molar-refractivity contribution in [2.45, 2.75) is 31.3 Å². The van der Waals surface area contributed by atoms with Crippen molar-refractivity contribution in [2.75, 3.05) is 20.8 Å². The van der Waals surface area contributed by atoms with E-state index in [4.69, 9.17) is 4.74 Å². The maximum atomic E-state index is 13.8. The lowest BCUT2D eigenvalue weighted by molar-refractivity contribution is 0.180. The van der Waals surface area contributed by atoms with Gasteiger partial charge in [-0.1, -0.05) is 0 Å². The van der Waals surface area contributed by atoms with E-state index in [1.54, 1.807) is 14.0 Å². The summed E-state index contributed by atoms with van der Waals surface area (Å²) in [5.74, 6) is -0.530. The molecule has 0 aliphatic heterocycles. The molecule has 0 aliphatic rings. The van der Waals surface area contributed by atoms with Crippen LogP contribution in [0.5, 0.6) is 0 Å². The minimum absolute atomic E-state index is 0.0364. The fourth-order valence-electron chi connectivity index (χ4n) is 1.90. The van der Waals surface area contributed by atoms with Crippen molar-refractivity contribution in [1.29, 1.82) is 0 Å². The molecule has 0 aliphatic carbocycles. The van der Waals surface area contributed by atoms with E-state index in [0.29, 0.717) is 12.1 Å². The average Bonchev–Trinajstić information content (AvgIpc) is 2.33. The van der Waals surface area contributed by atoms with Gasteiger partial charge in [0.2, 0.25) is 10.0 Å². The maximum absolute atomic E-state index is 13.8. The minimum Gasteiger partial charge on any atom is -0.383 e. The van der Waals surface area contributed by atoms with Gasteiger partial charge in [-0.3, -0.25) is 0 Å². The van der Waals surface area contributed by atoms with Crippen LogP contribution in [0.3, 0.4) is 0 Å². The summed E-state index contributed by atoms with van der Waals surface area (Å²) in [7, 11) is -0.571. The molecule has 7 heteroatoms. The summed E-state index contributed by atoms with van der Waals surface area (Å²) in [6.45, 7) is 3.78. The topological polar surface area (TPSA) is 67.4 Å². The van der Waals surface area contributed by atoms with Gasteiger partial charge in [-0.15, -0.1) is 0 Å². The first-order chi connectivity index (χ1) is 9.31. The lowest BCUT2D eigenvalue weighted by Crippen LogP contribution is -2.36. The molecule has 0 saturated heterocycles. The summed E-state index contributed by atoms with van der Waals surface area (Å²) in [6, 6.07) is 2.43. The zero-order chi connectivity index (χ0) is 15.3. The summed E-state index contributed by atoms with van der Waals surface area (Å²) in [6.07, 6.45) is 0.